The van der Waals surface area contributed by atoms with Gasteiger partial charge in [-0.1, -0.05) is 98.9 Å². The molecule has 3 unspecified atom stereocenters. The van der Waals surface area contributed by atoms with E-state index in [-0.39, 0.29) is 5.41 Å². The predicted molar refractivity (Wildman–Crippen MR) is 220 cm³/mol. The first-order valence-corrected chi connectivity index (χ1v) is 20.5. The zero-order valence-corrected chi connectivity index (χ0v) is 31.4. The highest BCUT2D eigenvalue weighted by Crippen LogP contribution is 2.59. The highest BCUT2D eigenvalue weighted by atomic mass is 15.2. The van der Waals surface area contributed by atoms with Crippen LogP contribution >= 0.6 is 0 Å². The smallest absolute Gasteiger partial charge is 0.0629 e. The molecule has 10 aliphatic rings. The van der Waals surface area contributed by atoms with Crippen LogP contribution in [-0.4, -0.2) is 17.0 Å². The maximum atomic E-state index is 2.69. The van der Waals surface area contributed by atoms with Gasteiger partial charge in [-0.2, -0.15) is 0 Å². The molecule has 8 aliphatic carbocycles. The van der Waals surface area contributed by atoms with Gasteiger partial charge < -0.3 is 9.80 Å². The van der Waals surface area contributed by atoms with Crippen LogP contribution in [0.2, 0.25) is 0 Å². The molecule has 0 fully saturated rings. The minimum absolute atomic E-state index is 0.114. The number of para-hydroxylation sites is 1. The summed E-state index contributed by atoms with van der Waals surface area (Å²) >= 11 is 0. The highest BCUT2D eigenvalue weighted by molar-refractivity contribution is 5.71. The molecule has 0 bridgehead atoms. The van der Waals surface area contributed by atoms with Crippen molar-refractivity contribution >= 4 is 5.69 Å². The van der Waals surface area contributed by atoms with Crippen LogP contribution < -0.4 is 4.90 Å². The number of hydrogen-bond acceptors (Lipinski definition) is 2. The molecule has 3 atom stereocenters. The molecule has 2 heterocycles. The van der Waals surface area contributed by atoms with Crippen LogP contribution in [0.1, 0.15) is 84.5 Å². The Morgan fingerprint density at radius 2 is 1.23 bits per heavy atom. The molecule has 0 radical (unpaired) electrons. The normalized spacial score (nSPS) is 29.2. The van der Waals surface area contributed by atoms with Gasteiger partial charge in [-0.05, 0) is 174 Å². The maximum Gasteiger partial charge on any atom is 0.0629 e. The lowest BCUT2D eigenvalue weighted by molar-refractivity contribution is 0.331. The molecule has 0 aromatic heterocycles. The quantitative estimate of drug-likeness (QED) is 0.310. The van der Waals surface area contributed by atoms with Gasteiger partial charge in [-0.25, -0.2) is 0 Å². The summed E-state index contributed by atoms with van der Waals surface area (Å²) in [5, 5.41) is 0. The Bertz CT molecular complexity index is 2290. The van der Waals surface area contributed by atoms with E-state index in [4.69, 9.17) is 0 Å². The average Bonchev–Trinajstić information content (AvgIpc) is 3.80. The summed E-state index contributed by atoms with van der Waals surface area (Å²) in [6.07, 6.45) is 46.7. The van der Waals surface area contributed by atoms with E-state index in [1.54, 1.807) is 55.7 Å². The van der Waals surface area contributed by atoms with Gasteiger partial charge in [0.2, 0.25) is 0 Å². The van der Waals surface area contributed by atoms with Crippen molar-refractivity contribution in [2.24, 2.45) is 11.3 Å². The van der Waals surface area contributed by atoms with Crippen LogP contribution in [0, 0.1) is 11.3 Å². The van der Waals surface area contributed by atoms with Gasteiger partial charge in [0.1, 0.15) is 0 Å². The Kier molecular flexibility index (Phi) is 7.23. The van der Waals surface area contributed by atoms with Crippen molar-refractivity contribution in [2.45, 2.75) is 96.6 Å². The van der Waals surface area contributed by atoms with Crippen molar-refractivity contribution in [1.82, 2.24) is 4.90 Å². The van der Waals surface area contributed by atoms with Crippen molar-refractivity contribution in [2.75, 3.05) is 4.90 Å². The van der Waals surface area contributed by atoms with Crippen molar-refractivity contribution in [3.8, 4) is 0 Å². The molecule has 2 heteroatoms. The van der Waals surface area contributed by atoms with Gasteiger partial charge in [0, 0.05) is 22.8 Å². The average molecular weight is 691 g/mol. The van der Waals surface area contributed by atoms with E-state index in [2.05, 4.69) is 139 Å². The lowest BCUT2D eigenvalue weighted by Crippen LogP contribution is -2.31. The number of fused-ring (bicyclic) bond motifs is 6. The third-order valence-electron chi connectivity index (χ3n) is 14.2. The van der Waals surface area contributed by atoms with E-state index in [1.807, 2.05) is 0 Å². The fraction of sp³-hybridized carbons (Fsp3) is 0.333. The van der Waals surface area contributed by atoms with E-state index < -0.39 is 0 Å². The molecule has 1 aromatic rings. The molecule has 2 aliphatic heterocycles. The van der Waals surface area contributed by atoms with Crippen LogP contribution in [-0.2, 0) is 0 Å². The molecule has 0 saturated carbocycles. The molecule has 11 rings (SSSR count). The Morgan fingerprint density at radius 3 is 1.92 bits per heavy atom. The van der Waals surface area contributed by atoms with Crippen LogP contribution in [0.5, 0.6) is 0 Å². The van der Waals surface area contributed by atoms with Crippen molar-refractivity contribution < 1.29 is 0 Å². The minimum Gasteiger partial charge on any atom is -0.334 e. The van der Waals surface area contributed by atoms with Crippen LogP contribution in [0.3, 0.4) is 0 Å². The van der Waals surface area contributed by atoms with Crippen molar-refractivity contribution in [1.29, 1.82) is 0 Å². The number of benzene rings is 1. The molecule has 264 valence electrons. The first-order chi connectivity index (χ1) is 26.0. The first-order valence-electron chi connectivity index (χ1n) is 20.5. The van der Waals surface area contributed by atoms with Gasteiger partial charge >= 0.3 is 0 Å². The number of allylic oxidation sites excluding steroid dienone is 19. The number of hydrogen-bond donors (Lipinski definition) is 0. The molecule has 0 amide bonds. The summed E-state index contributed by atoms with van der Waals surface area (Å²) in [7, 11) is 0. The number of nitrogens with zero attached hydrogens (tertiary/aromatic N) is 2. The monoisotopic (exact) mass is 690 g/mol. The summed E-state index contributed by atoms with van der Waals surface area (Å²) < 4.78 is 0. The van der Waals surface area contributed by atoms with Crippen LogP contribution in [0.4, 0.5) is 5.69 Å². The molecule has 0 spiro atoms. The van der Waals surface area contributed by atoms with Crippen LogP contribution in [0.25, 0.3) is 0 Å². The lowest BCUT2D eigenvalue weighted by atomic mass is 9.70. The fourth-order valence-corrected chi connectivity index (χ4v) is 11.6. The lowest BCUT2D eigenvalue weighted by Gasteiger charge is -2.34. The third-order valence-corrected chi connectivity index (χ3v) is 14.2. The Balaban J connectivity index is 0.908. The standard InChI is InChI=1S/C51H50N2/c1-51(2)45-29-33(35-23-27-43-41-17-9-11-19-47(41)52(49(43)31-35)37-13-5-3-6-14-37)21-25-39(45)40-26-22-34(30-46(40)51)36-24-28-44-42-18-10-12-20-48(42)53(50(44)32-36)38-15-7-4-8-16-38/h3,5-7,9-18,21,25,30-32,45,47-48H,4,8,19-20,22-24,26-29H2,1-2H3. The fourth-order valence-electron chi connectivity index (χ4n) is 11.6. The zero-order chi connectivity index (χ0) is 35.3. The van der Waals surface area contributed by atoms with Gasteiger partial charge in [0.15, 0.2) is 0 Å². The highest BCUT2D eigenvalue weighted by Gasteiger charge is 2.47. The summed E-state index contributed by atoms with van der Waals surface area (Å²) in [6, 6.07) is 12.0. The van der Waals surface area contributed by atoms with Crippen LogP contribution in [0.15, 0.2) is 194 Å². The second-order valence-electron chi connectivity index (χ2n) is 17.2. The number of rotatable bonds is 4. The SMILES string of the molecule is CC1(C)C2=C(CCC(C3=CC4=C(CC3)C3=CC=CCC3N4C3=CCCC=C3)=C2)C2=CC=C(C3=CC4=C(CC3)C3=CC=CCC3N4c3ccccc3)CC21. The maximum absolute atomic E-state index is 2.69. The largest absolute Gasteiger partial charge is 0.334 e. The van der Waals surface area contributed by atoms with Gasteiger partial charge in [0.05, 0.1) is 12.1 Å². The minimum atomic E-state index is 0.114. The van der Waals surface area contributed by atoms with Gasteiger partial charge in [-0.3, -0.25) is 0 Å². The summed E-state index contributed by atoms with van der Waals surface area (Å²) in [4.78, 5) is 5.32. The Hall–Kier alpha value is -4.82. The predicted octanol–water partition coefficient (Wildman–Crippen LogP) is 12.4. The van der Waals surface area contributed by atoms with Crippen molar-refractivity contribution in [3.05, 3.63) is 194 Å². The molecule has 2 nitrogen and oxygen atoms in total. The Labute approximate surface area is 316 Å². The van der Waals surface area contributed by atoms with E-state index >= 15 is 0 Å². The summed E-state index contributed by atoms with van der Waals surface area (Å²) in [6.45, 7) is 5.09. The van der Waals surface area contributed by atoms with E-state index in [1.165, 1.54) is 34.8 Å². The van der Waals surface area contributed by atoms with E-state index in [9.17, 15) is 0 Å². The van der Waals surface area contributed by atoms with Crippen molar-refractivity contribution in [3.63, 3.8) is 0 Å². The third kappa shape index (κ3) is 4.83. The molecule has 53 heavy (non-hydrogen) atoms. The molecule has 1 aromatic carbocycles. The summed E-state index contributed by atoms with van der Waals surface area (Å²) in [5.74, 6) is 0.537. The topological polar surface area (TPSA) is 6.48 Å². The first kappa shape index (κ1) is 31.7. The molecular formula is C51H50N2. The molecule has 0 N–H and O–H groups in total. The van der Waals surface area contributed by atoms with Gasteiger partial charge in [0.25, 0.3) is 0 Å². The Morgan fingerprint density at radius 1 is 0.585 bits per heavy atom. The second kappa shape index (κ2) is 12.1. The van der Waals surface area contributed by atoms with E-state index in [0.29, 0.717) is 18.0 Å². The second-order valence-corrected chi connectivity index (χ2v) is 17.2. The summed E-state index contributed by atoms with van der Waals surface area (Å²) in [5.41, 5.74) is 23.2. The zero-order valence-electron chi connectivity index (χ0n) is 31.4. The number of anilines is 1. The molecular weight excluding hydrogens is 641 g/mol. The van der Waals surface area contributed by atoms with E-state index in [0.717, 1.165) is 64.2 Å². The molecule has 0 saturated heterocycles. The van der Waals surface area contributed by atoms with Gasteiger partial charge in [-0.15, -0.1) is 0 Å².